The van der Waals surface area contributed by atoms with Crippen molar-refractivity contribution < 1.29 is 9.90 Å². The van der Waals surface area contributed by atoms with E-state index in [1.807, 2.05) is 37.3 Å². The van der Waals surface area contributed by atoms with E-state index in [2.05, 4.69) is 4.98 Å². The van der Waals surface area contributed by atoms with Crippen LogP contribution < -0.4 is 0 Å². The second-order valence-corrected chi connectivity index (χ2v) is 5.92. The smallest absolute Gasteiger partial charge is 0.316 e. The molecule has 0 radical (unpaired) electrons. The Labute approximate surface area is 110 Å². The Kier molecular flexibility index (Phi) is 3.22. The van der Waals surface area contributed by atoms with Gasteiger partial charge in [0.1, 0.15) is 10.4 Å². The third-order valence-electron chi connectivity index (χ3n) is 2.91. The molecule has 0 fully saturated rings. The average molecular weight is 261 g/mol. The number of aryl methyl sites for hydroxylation is 1. The van der Waals surface area contributed by atoms with Crippen LogP contribution in [-0.4, -0.2) is 16.1 Å². The quantitative estimate of drug-likeness (QED) is 0.920. The number of carbonyl (C=O) groups is 1. The van der Waals surface area contributed by atoms with Gasteiger partial charge in [-0.25, -0.2) is 4.98 Å². The normalized spacial score (nSPS) is 11.5. The van der Waals surface area contributed by atoms with E-state index in [0.717, 1.165) is 16.1 Å². The molecule has 2 aromatic rings. The Morgan fingerprint density at radius 1 is 1.28 bits per heavy atom. The van der Waals surface area contributed by atoms with Gasteiger partial charge in [0.15, 0.2) is 0 Å². The molecule has 94 valence electrons. The van der Waals surface area contributed by atoms with Gasteiger partial charge in [-0.05, 0) is 20.8 Å². The molecule has 0 bridgehead atoms. The molecule has 0 aliphatic heterocycles. The highest BCUT2D eigenvalue weighted by Gasteiger charge is 2.33. The summed E-state index contributed by atoms with van der Waals surface area (Å²) in [4.78, 5) is 16.8. The lowest BCUT2D eigenvalue weighted by Gasteiger charge is -2.15. The zero-order valence-electron chi connectivity index (χ0n) is 10.6. The molecule has 0 aliphatic rings. The molecule has 4 heteroatoms. The molecule has 0 aliphatic carbocycles. The number of carboxylic acids is 1. The predicted octanol–water partition coefficient (Wildman–Crippen LogP) is 3.48. The monoisotopic (exact) mass is 261 g/mol. The highest BCUT2D eigenvalue weighted by Crippen LogP contribution is 2.34. The summed E-state index contributed by atoms with van der Waals surface area (Å²) in [7, 11) is 0. The Morgan fingerprint density at radius 3 is 2.44 bits per heavy atom. The second kappa shape index (κ2) is 4.53. The number of hydrogen-bond donors (Lipinski definition) is 1. The van der Waals surface area contributed by atoms with Crippen LogP contribution in [0.5, 0.6) is 0 Å². The lowest BCUT2D eigenvalue weighted by Crippen LogP contribution is -2.28. The van der Waals surface area contributed by atoms with Crippen LogP contribution in [0.1, 0.15) is 23.7 Å². The van der Waals surface area contributed by atoms with Crippen LogP contribution in [0.4, 0.5) is 0 Å². The molecule has 1 aromatic carbocycles. The summed E-state index contributed by atoms with van der Waals surface area (Å²) >= 11 is 1.45. The summed E-state index contributed by atoms with van der Waals surface area (Å²) in [6.07, 6.45) is 0. The average Bonchev–Trinajstić information content (AvgIpc) is 2.73. The Balaban J connectivity index is 2.49. The van der Waals surface area contributed by atoms with Crippen molar-refractivity contribution in [1.29, 1.82) is 0 Å². The first-order valence-corrected chi connectivity index (χ1v) is 6.51. The molecule has 18 heavy (non-hydrogen) atoms. The van der Waals surface area contributed by atoms with Crippen LogP contribution >= 0.6 is 11.3 Å². The molecule has 0 spiro atoms. The molecule has 0 unspecified atom stereocenters. The third kappa shape index (κ3) is 2.16. The lowest BCUT2D eigenvalue weighted by atomic mass is 9.95. The van der Waals surface area contributed by atoms with Gasteiger partial charge in [-0.15, -0.1) is 11.3 Å². The van der Waals surface area contributed by atoms with Crippen LogP contribution in [-0.2, 0) is 10.2 Å². The second-order valence-electron chi connectivity index (χ2n) is 4.72. The van der Waals surface area contributed by atoms with Crippen molar-refractivity contribution in [2.75, 3.05) is 0 Å². The minimum atomic E-state index is -0.942. The van der Waals surface area contributed by atoms with Crippen molar-refractivity contribution in [3.05, 3.63) is 40.2 Å². The number of hydrogen-bond acceptors (Lipinski definition) is 3. The van der Waals surface area contributed by atoms with Crippen molar-refractivity contribution in [3.8, 4) is 11.3 Å². The molecule has 1 aromatic heterocycles. The van der Waals surface area contributed by atoms with Gasteiger partial charge in [-0.2, -0.15) is 0 Å². The first-order chi connectivity index (χ1) is 8.43. The Bertz CT molecular complexity index is 573. The number of thiazole rings is 1. The van der Waals surface area contributed by atoms with Gasteiger partial charge in [0, 0.05) is 10.4 Å². The van der Waals surface area contributed by atoms with E-state index in [4.69, 9.17) is 0 Å². The first-order valence-electron chi connectivity index (χ1n) is 5.69. The number of aliphatic carboxylic acids is 1. The highest BCUT2D eigenvalue weighted by molar-refractivity contribution is 7.12. The van der Waals surface area contributed by atoms with Gasteiger partial charge in [0.2, 0.25) is 0 Å². The Morgan fingerprint density at radius 2 is 1.89 bits per heavy atom. The number of aromatic nitrogens is 1. The van der Waals surface area contributed by atoms with Crippen LogP contribution in [0, 0.1) is 6.92 Å². The zero-order valence-corrected chi connectivity index (χ0v) is 11.4. The Hall–Kier alpha value is -1.68. The van der Waals surface area contributed by atoms with Gasteiger partial charge in [-0.1, -0.05) is 30.3 Å². The standard InChI is InChI=1S/C14H15NO2S/c1-9-11(10-7-5-4-6-8-10)15-12(18-9)14(2,3)13(16)17/h4-8H,1-3H3,(H,16,17). The molecular weight excluding hydrogens is 246 g/mol. The molecular formula is C14H15NO2S. The van der Waals surface area contributed by atoms with E-state index >= 15 is 0 Å². The molecule has 0 saturated carbocycles. The van der Waals surface area contributed by atoms with E-state index in [9.17, 15) is 9.90 Å². The van der Waals surface area contributed by atoms with Gasteiger partial charge >= 0.3 is 5.97 Å². The van der Waals surface area contributed by atoms with Gasteiger partial charge in [-0.3, -0.25) is 4.79 Å². The summed E-state index contributed by atoms with van der Waals surface area (Å²) in [5, 5.41) is 9.88. The van der Waals surface area contributed by atoms with Crippen LogP contribution in [0.15, 0.2) is 30.3 Å². The van der Waals surface area contributed by atoms with Crippen LogP contribution in [0.25, 0.3) is 11.3 Å². The molecule has 0 atom stereocenters. The molecule has 0 saturated heterocycles. The fraction of sp³-hybridized carbons (Fsp3) is 0.286. The number of carboxylic acid groups (broad SMARTS) is 1. The molecule has 3 nitrogen and oxygen atoms in total. The summed E-state index contributed by atoms with van der Waals surface area (Å²) in [5.41, 5.74) is 0.964. The maximum absolute atomic E-state index is 11.2. The summed E-state index contributed by atoms with van der Waals surface area (Å²) in [6.45, 7) is 5.34. The maximum Gasteiger partial charge on any atom is 0.316 e. The minimum absolute atomic E-state index is 0.645. The van der Waals surface area contributed by atoms with Crippen molar-refractivity contribution in [1.82, 2.24) is 4.98 Å². The highest BCUT2D eigenvalue weighted by atomic mass is 32.1. The summed E-state index contributed by atoms with van der Waals surface area (Å²) in [6, 6.07) is 9.83. The minimum Gasteiger partial charge on any atom is -0.481 e. The van der Waals surface area contributed by atoms with Gasteiger partial charge in [0.05, 0.1) is 5.69 Å². The van der Waals surface area contributed by atoms with Crippen molar-refractivity contribution in [3.63, 3.8) is 0 Å². The van der Waals surface area contributed by atoms with Crippen LogP contribution in [0.2, 0.25) is 0 Å². The molecule has 0 amide bonds. The van der Waals surface area contributed by atoms with Crippen molar-refractivity contribution >= 4 is 17.3 Å². The van der Waals surface area contributed by atoms with Crippen LogP contribution in [0.3, 0.4) is 0 Å². The van der Waals surface area contributed by atoms with E-state index in [1.54, 1.807) is 13.8 Å². The molecule has 1 N–H and O–H groups in total. The molecule has 1 heterocycles. The first kappa shape index (κ1) is 12.8. The molecule has 2 rings (SSSR count). The van der Waals surface area contributed by atoms with E-state index in [0.29, 0.717) is 5.01 Å². The number of nitrogens with zero attached hydrogens (tertiary/aromatic N) is 1. The van der Waals surface area contributed by atoms with Gasteiger partial charge < -0.3 is 5.11 Å². The van der Waals surface area contributed by atoms with E-state index < -0.39 is 11.4 Å². The zero-order chi connectivity index (χ0) is 13.3. The number of benzene rings is 1. The number of rotatable bonds is 3. The summed E-state index contributed by atoms with van der Waals surface area (Å²) < 4.78 is 0. The van der Waals surface area contributed by atoms with Crippen molar-refractivity contribution in [2.45, 2.75) is 26.2 Å². The maximum atomic E-state index is 11.2. The SMILES string of the molecule is Cc1sc(C(C)(C)C(=O)O)nc1-c1ccccc1. The van der Waals surface area contributed by atoms with Gasteiger partial charge in [0.25, 0.3) is 0 Å². The van der Waals surface area contributed by atoms with Crippen molar-refractivity contribution in [2.24, 2.45) is 0 Å². The van der Waals surface area contributed by atoms with E-state index in [-0.39, 0.29) is 0 Å². The fourth-order valence-electron chi connectivity index (χ4n) is 1.62. The third-order valence-corrected chi connectivity index (χ3v) is 4.21. The lowest BCUT2D eigenvalue weighted by molar-refractivity contribution is -0.142. The largest absolute Gasteiger partial charge is 0.481 e. The van der Waals surface area contributed by atoms with E-state index in [1.165, 1.54) is 11.3 Å². The topological polar surface area (TPSA) is 50.2 Å². The predicted molar refractivity (Wildman–Crippen MR) is 72.9 cm³/mol. The fourth-order valence-corrected chi connectivity index (χ4v) is 2.65. The summed E-state index contributed by atoms with van der Waals surface area (Å²) in [5.74, 6) is -0.851.